The van der Waals surface area contributed by atoms with Crippen molar-refractivity contribution in [2.24, 2.45) is 0 Å². The Morgan fingerprint density at radius 2 is 1.80 bits per heavy atom. The summed E-state index contributed by atoms with van der Waals surface area (Å²) in [5.74, 6) is -0.767. The molecule has 0 aromatic heterocycles. The van der Waals surface area contributed by atoms with Crippen LogP contribution in [0.25, 0.3) is 11.1 Å². The first-order valence-electron chi connectivity index (χ1n) is 8.51. The lowest BCUT2D eigenvalue weighted by atomic mass is 10.00. The number of rotatable bonds is 6. The maximum atomic E-state index is 10.8. The maximum Gasteiger partial charge on any atom is 0.317 e. The number of likely N-dealkylation sites (tertiary alicyclic amines) is 1. The average molecular weight is 360 g/mol. The molecule has 1 N–H and O–H groups in total. The number of hydrogen-bond acceptors (Lipinski definition) is 3. The van der Waals surface area contributed by atoms with Crippen molar-refractivity contribution in [3.63, 3.8) is 0 Å². The Kier molecular flexibility index (Phi) is 6.08. The van der Waals surface area contributed by atoms with Crippen molar-refractivity contribution < 1.29 is 14.6 Å². The van der Waals surface area contributed by atoms with Crippen LogP contribution in [-0.2, 0) is 16.1 Å². The monoisotopic (exact) mass is 359 g/mol. The van der Waals surface area contributed by atoms with E-state index in [4.69, 9.17) is 21.4 Å². The first-order valence-corrected chi connectivity index (χ1v) is 8.89. The van der Waals surface area contributed by atoms with E-state index in [0.717, 1.165) is 47.6 Å². The van der Waals surface area contributed by atoms with Crippen molar-refractivity contribution in [1.82, 2.24) is 4.90 Å². The lowest BCUT2D eigenvalue weighted by Gasteiger charge is -2.30. The lowest BCUT2D eigenvalue weighted by Crippen LogP contribution is -2.39. The first kappa shape index (κ1) is 17.9. The third kappa shape index (κ3) is 5.05. The molecule has 1 saturated heterocycles. The van der Waals surface area contributed by atoms with Crippen LogP contribution in [0.5, 0.6) is 0 Å². The zero-order valence-corrected chi connectivity index (χ0v) is 14.8. The van der Waals surface area contributed by atoms with E-state index in [-0.39, 0.29) is 12.6 Å². The second-order valence-corrected chi connectivity index (χ2v) is 6.78. The highest BCUT2D eigenvalue weighted by atomic mass is 35.5. The smallest absolute Gasteiger partial charge is 0.317 e. The summed E-state index contributed by atoms with van der Waals surface area (Å²) >= 11 is 5.98. The quantitative estimate of drug-likeness (QED) is 0.844. The van der Waals surface area contributed by atoms with Crippen LogP contribution in [0.4, 0.5) is 0 Å². The van der Waals surface area contributed by atoms with Crippen LogP contribution in [0.15, 0.2) is 48.5 Å². The molecule has 4 nitrogen and oxygen atoms in total. The Balaban J connectivity index is 1.59. The molecular weight excluding hydrogens is 338 g/mol. The number of carbonyl (C=O) groups is 1. The third-order valence-corrected chi connectivity index (χ3v) is 4.79. The molecule has 2 aromatic rings. The van der Waals surface area contributed by atoms with E-state index in [1.54, 1.807) is 0 Å². The molecule has 0 spiro atoms. The number of piperidine rings is 1. The van der Waals surface area contributed by atoms with Crippen molar-refractivity contribution in [1.29, 1.82) is 0 Å². The van der Waals surface area contributed by atoms with E-state index in [1.807, 2.05) is 41.3 Å². The molecule has 2 aromatic carbocycles. The molecule has 132 valence electrons. The van der Waals surface area contributed by atoms with Gasteiger partial charge in [0.2, 0.25) is 0 Å². The number of nitrogens with zero attached hydrogens (tertiary/aromatic N) is 1. The Labute approximate surface area is 153 Å². The van der Waals surface area contributed by atoms with E-state index in [1.165, 1.54) is 0 Å². The Bertz CT molecular complexity index is 709. The van der Waals surface area contributed by atoms with Gasteiger partial charge < -0.3 is 9.84 Å². The zero-order valence-electron chi connectivity index (χ0n) is 14.0. The molecule has 1 aliphatic heterocycles. The van der Waals surface area contributed by atoms with Crippen LogP contribution in [0.1, 0.15) is 18.4 Å². The Morgan fingerprint density at radius 1 is 1.12 bits per heavy atom. The highest BCUT2D eigenvalue weighted by molar-refractivity contribution is 6.30. The van der Waals surface area contributed by atoms with Crippen molar-refractivity contribution in [2.75, 3.05) is 19.6 Å². The van der Waals surface area contributed by atoms with Gasteiger partial charge in [0.1, 0.15) is 0 Å². The molecule has 0 bridgehead atoms. The second kappa shape index (κ2) is 8.48. The molecule has 3 rings (SSSR count). The fraction of sp³-hybridized carbons (Fsp3) is 0.350. The number of carboxylic acid groups (broad SMARTS) is 1. The number of ether oxygens (including phenoxy) is 1. The minimum Gasteiger partial charge on any atom is -0.480 e. The summed E-state index contributed by atoms with van der Waals surface area (Å²) in [5, 5.41) is 9.59. The third-order valence-electron chi connectivity index (χ3n) is 4.54. The summed E-state index contributed by atoms with van der Waals surface area (Å²) in [4.78, 5) is 12.7. The summed E-state index contributed by atoms with van der Waals surface area (Å²) in [5.41, 5.74) is 3.43. The molecule has 0 radical (unpaired) electrons. The van der Waals surface area contributed by atoms with Crippen molar-refractivity contribution in [3.05, 3.63) is 59.1 Å². The first-order chi connectivity index (χ1) is 12.1. The van der Waals surface area contributed by atoms with Crippen LogP contribution in [0, 0.1) is 0 Å². The largest absolute Gasteiger partial charge is 0.480 e. The minimum atomic E-state index is -0.767. The van der Waals surface area contributed by atoms with Gasteiger partial charge in [-0.15, -0.1) is 0 Å². The van der Waals surface area contributed by atoms with Gasteiger partial charge in [-0.2, -0.15) is 0 Å². The Hall–Kier alpha value is -1.88. The predicted molar refractivity (Wildman–Crippen MR) is 98.8 cm³/mol. The van der Waals surface area contributed by atoms with Crippen LogP contribution < -0.4 is 0 Å². The molecular formula is C20H22ClNO3. The number of aliphatic carboxylic acids is 1. The molecule has 0 aliphatic carbocycles. The molecule has 1 fully saturated rings. The molecule has 0 unspecified atom stereocenters. The van der Waals surface area contributed by atoms with E-state index < -0.39 is 5.97 Å². The molecule has 1 aliphatic rings. The highest BCUT2D eigenvalue weighted by Gasteiger charge is 2.21. The fourth-order valence-corrected chi connectivity index (χ4v) is 3.32. The fourth-order valence-electron chi connectivity index (χ4n) is 3.19. The van der Waals surface area contributed by atoms with E-state index >= 15 is 0 Å². The topological polar surface area (TPSA) is 49.8 Å². The van der Waals surface area contributed by atoms with Gasteiger partial charge in [-0.05, 0) is 41.7 Å². The van der Waals surface area contributed by atoms with Crippen LogP contribution in [0.2, 0.25) is 5.02 Å². The van der Waals surface area contributed by atoms with Crippen LogP contribution in [-0.4, -0.2) is 41.7 Å². The standard InChI is InChI=1S/C20H22ClNO3/c21-17-7-5-15(6-8-17)19-4-2-1-3-16(19)14-25-18-9-11-22(12-10-18)13-20(23)24/h1-8,18H,9-14H2,(H,23,24). The van der Waals surface area contributed by atoms with Gasteiger partial charge in [0.15, 0.2) is 0 Å². The maximum absolute atomic E-state index is 10.8. The summed E-state index contributed by atoms with van der Waals surface area (Å²) in [6, 6.07) is 16.1. The van der Waals surface area contributed by atoms with E-state index in [2.05, 4.69) is 12.1 Å². The normalized spacial score (nSPS) is 16.0. The predicted octanol–water partition coefficient (Wildman–Crippen LogP) is 4.07. The summed E-state index contributed by atoms with van der Waals surface area (Å²) in [6.45, 7) is 2.22. The minimum absolute atomic E-state index is 0.117. The molecule has 5 heteroatoms. The zero-order chi connectivity index (χ0) is 17.6. The lowest BCUT2D eigenvalue weighted by molar-refractivity contribution is -0.139. The van der Waals surface area contributed by atoms with Gasteiger partial charge in [0, 0.05) is 18.1 Å². The van der Waals surface area contributed by atoms with Crippen molar-refractivity contribution in [2.45, 2.75) is 25.6 Å². The molecule has 0 saturated carbocycles. The van der Waals surface area contributed by atoms with E-state index in [0.29, 0.717) is 6.61 Å². The van der Waals surface area contributed by atoms with Gasteiger partial charge >= 0.3 is 5.97 Å². The summed E-state index contributed by atoms with van der Waals surface area (Å²) in [6.07, 6.45) is 1.93. The molecule has 1 heterocycles. The highest BCUT2D eigenvalue weighted by Crippen LogP contribution is 2.26. The van der Waals surface area contributed by atoms with Gasteiger partial charge in [-0.1, -0.05) is 48.0 Å². The van der Waals surface area contributed by atoms with Gasteiger partial charge in [-0.3, -0.25) is 9.69 Å². The van der Waals surface area contributed by atoms with Gasteiger partial charge in [-0.25, -0.2) is 0 Å². The summed E-state index contributed by atoms with van der Waals surface area (Å²) in [7, 11) is 0. The second-order valence-electron chi connectivity index (χ2n) is 6.34. The summed E-state index contributed by atoms with van der Waals surface area (Å²) < 4.78 is 6.11. The number of carboxylic acids is 1. The molecule has 25 heavy (non-hydrogen) atoms. The molecule has 0 amide bonds. The van der Waals surface area contributed by atoms with E-state index in [9.17, 15) is 4.79 Å². The number of halogens is 1. The number of hydrogen-bond donors (Lipinski definition) is 1. The number of benzene rings is 2. The van der Waals surface area contributed by atoms with Crippen molar-refractivity contribution >= 4 is 17.6 Å². The SMILES string of the molecule is O=C(O)CN1CCC(OCc2ccccc2-c2ccc(Cl)cc2)CC1. The Morgan fingerprint density at radius 3 is 2.48 bits per heavy atom. The van der Waals surface area contributed by atoms with Gasteiger partial charge in [0.25, 0.3) is 0 Å². The molecule has 0 atom stereocenters. The van der Waals surface area contributed by atoms with Crippen molar-refractivity contribution in [3.8, 4) is 11.1 Å². The van der Waals surface area contributed by atoms with Crippen LogP contribution >= 0.6 is 11.6 Å². The van der Waals surface area contributed by atoms with Gasteiger partial charge in [0.05, 0.1) is 19.3 Å². The van der Waals surface area contributed by atoms with Crippen LogP contribution in [0.3, 0.4) is 0 Å². The average Bonchev–Trinajstić information content (AvgIpc) is 2.62.